The van der Waals surface area contributed by atoms with Gasteiger partial charge in [0.25, 0.3) is 0 Å². The Labute approximate surface area is 77.5 Å². The van der Waals surface area contributed by atoms with Gasteiger partial charge in [0.1, 0.15) is 0 Å². The Kier molecular flexibility index (Phi) is 2.05. The summed E-state index contributed by atoms with van der Waals surface area (Å²) in [5.41, 5.74) is 1.25. The molecular weight excluding hydrogens is 164 g/mol. The van der Waals surface area contributed by atoms with E-state index in [1.807, 2.05) is 18.2 Å². The molecule has 0 bridgehead atoms. The lowest BCUT2D eigenvalue weighted by molar-refractivity contribution is -0.142. The van der Waals surface area contributed by atoms with Crippen molar-refractivity contribution in [1.29, 1.82) is 0 Å². The number of carbonyl (C=O) groups is 1. The maximum atomic E-state index is 11.1. The Bertz CT molecular complexity index is 305. The molecule has 0 aromatic heterocycles. The van der Waals surface area contributed by atoms with Crippen molar-refractivity contribution in [2.45, 2.75) is 12.3 Å². The summed E-state index contributed by atoms with van der Waals surface area (Å²) < 4.78 is 4.69. The van der Waals surface area contributed by atoms with Crippen molar-refractivity contribution >= 4 is 5.97 Å². The summed E-state index contributed by atoms with van der Waals surface area (Å²) in [4.78, 5) is 11.1. The zero-order valence-corrected chi connectivity index (χ0v) is 7.57. The van der Waals surface area contributed by atoms with Crippen molar-refractivity contribution < 1.29 is 9.53 Å². The van der Waals surface area contributed by atoms with Crippen molar-refractivity contribution in [2.75, 3.05) is 7.11 Å². The molecule has 2 nitrogen and oxygen atoms in total. The molecule has 0 aliphatic heterocycles. The van der Waals surface area contributed by atoms with Crippen LogP contribution in [0.1, 0.15) is 17.9 Å². The molecule has 1 aromatic rings. The Hall–Kier alpha value is -1.31. The molecular formula is C11H12O2. The van der Waals surface area contributed by atoms with Crippen LogP contribution in [0.4, 0.5) is 0 Å². The fourth-order valence-electron chi connectivity index (χ4n) is 1.68. The summed E-state index contributed by atoms with van der Waals surface area (Å²) in [6, 6.07) is 10.1. The Morgan fingerprint density at radius 2 is 2.08 bits per heavy atom. The van der Waals surface area contributed by atoms with E-state index >= 15 is 0 Å². The minimum absolute atomic E-state index is 0.0751. The first-order valence-corrected chi connectivity index (χ1v) is 4.45. The first kappa shape index (κ1) is 8.30. The van der Waals surface area contributed by atoms with Crippen LogP contribution in [-0.2, 0) is 9.53 Å². The smallest absolute Gasteiger partial charge is 0.309 e. The highest BCUT2D eigenvalue weighted by molar-refractivity contribution is 5.77. The zero-order valence-electron chi connectivity index (χ0n) is 7.57. The minimum Gasteiger partial charge on any atom is -0.469 e. The highest BCUT2D eigenvalue weighted by Crippen LogP contribution is 2.47. The first-order valence-electron chi connectivity index (χ1n) is 4.45. The van der Waals surface area contributed by atoms with E-state index in [0.29, 0.717) is 5.92 Å². The van der Waals surface area contributed by atoms with Crippen LogP contribution in [0.5, 0.6) is 0 Å². The lowest BCUT2D eigenvalue weighted by Crippen LogP contribution is -2.03. The van der Waals surface area contributed by atoms with Gasteiger partial charge in [-0.2, -0.15) is 0 Å². The molecule has 1 saturated carbocycles. The van der Waals surface area contributed by atoms with E-state index < -0.39 is 0 Å². The number of methoxy groups -OCH3 is 1. The lowest BCUT2D eigenvalue weighted by Gasteiger charge is -1.98. The summed E-state index contributed by atoms with van der Waals surface area (Å²) in [7, 11) is 1.45. The van der Waals surface area contributed by atoms with Crippen LogP contribution in [0.2, 0.25) is 0 Å². The van der Waals surface area contributed by atoms with Crippen molar-refractivity contribution in [2.24, 2.45) is 5.92 Å². The normalized spacial score (nSPS) is 25.3. The van der Waals surface area contributed by atoms with E-state index in [9.17, 15) is 4.79 Å². The number of benzene rings is 1. The molecule has 2 atom stereocenters. The highest BCUT2D eigenvalue weighted by Gasteiger charge is 2.44. The fraction of sp³-hybridized carbons (Fsp3) is 0.364. The van der Waals surface area contributed by atoms with E-state index in [1.54, 1.807) is 0 Å². The third-order valence-electron chi connectivity index (χ3n) is 2.52. The summed E-state index contributed by atoms with van der Waals surface area (Å²) in [6.45, 7) is 0. The largest absolute Gasteiger partial charge is 0.469 e. The van der Waals surface area contributed by atoms with Crippen LogP contribution < -0.4 is 0 Å². The molecule has 13 heavy (non-hydrogen) atoms. The summed E-state index contributed by atoms with van der Waals surface area (Å²) in [5.74, 6) is 0.426. The minimum atomic E-state index is -0.0751. The van der Waals surface area contributed by atoms with Crippen LogP contribution in [-0.4, -0.2) is 13.1 Å². The summed E-state index contributed by atoms with van der Waals surface area (Å²) >= 11 is 0. The van der Waals surface area contributed by atoms with E-state index in [0.717, 1.165) is 6.42 Å². The van der Waals surface area contributed by atoms with E-state index in [-0.39, 0.29) is 11.9 Å². The Morgan fingerprint density at radius 3 is 2.69 bits per heavy atom. The van der Waals surface area contributed by atoms with Gasteiger partial charge in [-0.25, -0.2) is 0 Å². The molecule has 68 valence electrons. The van der Waals surface area contributed by atoms with Gasteiger partial charge in [-0.05, 0) is 17.9 Å². The average molecular weight is 176 g/mol. The quantitative estimate of drug-likeness (QED) is 0.644. The first-order chi connectivity index (χ1) is 6.33. The molecule has 2 heteroatoms. The number of hydrogen-bond acceptors (Lipinski definition) is 2. The third kappa shape index (κ3) is 1.57. The number of rotatable bonds is 2. The molecule has 2 unspecified atom stereocenters. The van der Waals surface area contributed by atoms with Crippen LogP contribution >= 0.6 is 0 Å². The summed E-state index contributed by atoms with van der Waals surface area (Å²) in [6.07, 6.45) is 0.941. The van der Waals surface area contributed by atoms with Gasteiger partial charge in [0.15, 0.2) is 0 Å². The van der Waals surface area contributed by atoms with Crippen LogP contribution in [0, 0.1) is 5.92 Å². The average Bonchev–Trinajstić information content (AvgIpc) is 2.98. The predicted octanol–water partition coefficient (Wildman–Crippen LogP) is 1.96. The number of esters is 1. The van der Waals surface area contributed by atoms with Gasteiger partial charge in [-0.3, -0.25) is 4.79 Å². The van der Waals surface area contributed by atoms with E-state index in [4.69, 9.17) is 0 Å². The maximum absolute atomic E-state index is 11.1. The zero-order chi connectivity index (χ0) is 9.26. The SMILES string of the molecule is COC(=O)C1CC1c1ccccc1. The third-order valence-corrected chi connectivity index (χ3v) is 2.52. The molecule has 0 amide bonds. The van der Waals surface area contributed by atoms with Gasteiger partial charge >= 0.3 is 5.97 Å². The van der Waals surface area contributed by atoms with Crippen LogP contribution in [0.15, 0.2) is 30.3 Å². The van der Waals surface area contributed by atoms with Crippen molar-refractivity contribution in [3.63, 3.8) is 0 Å². The second-order valence-electron chi connectivity index (χ2n) is 3.38. The fourth-order valence-corrected chi connectivity index (χ4v) is 1.68. The van der Waals surface area contributed by atoms with E-state index in [1.165, 1.54) is 12.7 Å². The predicted molar refractivity (Wildman–Crippen MR) is 49.3 cm³/mol. The molecule has 1 aliphatic rings. The molecule has 0 saturated heterocycles. The lowest BCUT2D eigenvalue weighted by atomic mass is 10.1. The van der Waals surface area contributed by atoms with Gasteiger partial charge in [-0.1, -0.05) is 30.3 Å². The van der Waals surface area contributed by atoms with Gasteiger partial charge in [-0.15, -0.1) is 0 Å². The number of carbonyl (C=O) groups excluding carboxylic acids is 1. The molecule has 1 aromatic carbocycles. The Balaban J connectivity index is 2.04. The molecule has 0 spiro atoms. The van der Waals surface area contributed by atoms with Gasteiger partial charge in [0.2, 0.25) is 0 Å². The topological polar surface area (TPSA) is 26.3 Å². The molecule has 0 N–H and O–H groups in total. The molecule has 1 aliphatic carbocycles. The Morgan fingerprint density at radius 1 is 1.38 bits per heavy atom. The molecule has 0 radical (unpaired) electrons. The second-order valence-corrected chi connectivity index (χ2v) is 3.38. The van der Waals surface area contributed by atoms with Crippen molar-refractivity contribution in [1.82, 2.24) is 0 Å². The van der Waals surface area contributed by atoms with Gasteiger partial charge in [0, 0.05) is 0 Å². The number of hydrogen-bond donors (Lipinski definition) is 0. The van der Waals surface area contributed by atoms with Crippen molar-refractivity contribution in [3.8, 4) is 0 Å². The molecule has 1 fully saturated rings. The van der Waals surface area contributed by atoms with Crippen molar-refractivity contribution in [3.05, 3.63) is 35.9 Å². The summed E-state index contributed by atoms with van der Waals surface area (Å²) in [5, 5.41) is 0. The second kappa shape index (κ2) is 3.21. The standard InChI is InChI=1S/C11H12O2/c1-13-11(12)10-7-9(10)8-5-3-2-4-6-8/h2-6,9-10H,7H2,1H3. The van der Waals surface area contributed by atoms with Crippen LogP contribution in [0.3, 0.4) is 0 Å². The van der Waals surface area contributed by atoms with Crippen LogP contribution in [0.25, 0.3) is 0 Å². The van der Waals surface area contributed by atoms with E-state index in [2.05, 4.69) is 16.9 Å². The maximum Gasteiger partial charge on any atom is 0.309 e. The number of ether oxygens (including phenoxy) is 1. The highest BCUT2D eigenvalue weighted by atomic mass is 16.5. The van der Waals surface area contributed by atoms with Gasteiger partial charge in [0.05, 0.1) is 13.0 Å². The molecule has 2 rings (SSSR count). The molecule has 0 heterocycles. The monoisotopic (exact) mass is 176 g/mol. The van der Waals surface area contributed by atoms with Gasteiger partial charge < -0.3 is 4.74 Å².